The summed E-state index contributed by atoms with van der Waals surface area (Å²) < 4.78 is 5.91. The number of ether oxygens (including phenoxy) is 1. The standard InChI is InChI=1S/C18H18N2O/c1-13-12-15-4-2-3-5-17(15)20-18(13)21-16-8-6-14(7-9-16)10-11-19/h2-9,12H,10-11,19H2,1H3. The first kappa shape index (κ1) is 13.6. The molecule has 3 rings (SSSR count). The van der Waals surface area contributed by atoms with Crippen molar-refractivity contribution in [3.8, 4) is 11.6 Å². The molecule has 0 fully saturated rings. The summed E-state index contributed by atoms with van der Waals surface area (Å²) in [5.41, 5.74) is 8.74. The van der Waals surface area contributed by atoms with Crippen molar-refractivity contribution in [2.75, 3.05) is 6.54 Å². The number of para-hydroxylation sites is 1. The fraction of sp³-hybridized carbons (Fsp3) is 0.167. The van der Waals surface area contributed by atoms with Crippen molar-refractivity contribution in [2.24, 2.45) is 5.73 Å². The number of fused-ring (bicyclic) bond motifs is 1. The van der Waals surface area contributed by atoms with Crippen LogP contribution in [0.25, 0.3) is 10.9 Å². The van der Waals surface area contributed by atoms with Crippen LogP contribution in [0.5, 0.6) is 11.6 Å². The predicted octanol–water partition coefficient (Wildman–Crippen LogP) is 3.84. The van der Waals surface area contributed by atoms with E-state index in [0.717, 1.165) is 28.6 Å². The summed E-state index contributed by atoms with van der Waals surface area (Å²) in [6, 6.07) is 18.1. The summed E-state index contributed by atoms with van der Waals surface area (Å²) in [7, 11) is 0. The van der Waals surface area contributed by atoms with Gasteiger partial charge < -0.3 is 10.5 Å². The molecule has 3 aromatic rings. The van der Waals surface area contributed by atoms with Gasteiger partial charge in [-0.25, -0.2) is 4.98 Å². The van der Waals surface area contributed by atoms with Gasteiger partial charge in [0.25, 0.3) is 0 Å². The summed E-state index contributed by atoms with van der Waals surface area (Å²) in [5, 5.41) is 1.13. The summed E-state index contributed by atoms with van der Waals surface area (Å²) in [5.74, 6) is 1.45. The lowest BCUT2D eigenvalue weighted by atomic mass is 10.1. The van der Waals surface area contributed by atoms with Crippen LogP contribution in [0.3, 0.4) is 0 Å². The van der Waals surface area contributed by atoms with Gasteiger partial charge in [0, 0.05) is 10.9 Å². The number of aryl methyl sites for hydroxylation is 1. The van der Waals surface area contributed by atoms with Gasteiger partial charge in [-0.1, -0.05) is 30.3 Å². The van der Waals surface area contributed by atoms with Crippen LogP contribution in [-0.4, -0.2) is 11.5 Å². The first-order valence-electron chi connectivity index (χ1n) is 7.09. The maximum Gasteiger partial charge on any atom is 0.222 e. The van der Waals surface area contributed by atoms with Crippen LogP contribution in [0, 0.1) is 6.92 Å². The highest BCUT2D eigenvalue weighted by Gasteiger charge is 2.06. The Morgan fingerprint density at radius 2 is 1.81 bits per heavy atom. The molecule has 3 nitrogen and oxygen atoms in total. The lowest BCUT2D eigenvalue weighted by Crippen LogP contribution is -2.02. The largest absolute Gasteiger partial charge is 0.439 e. The minimum absolute atomic E-state index is 0.653. The molecule has 1 aromatic heterocycles. The fourth-order valence-electron chi connectivity index (χ4n) is 2.31. The first-order chi connectivity index (χ1) is 10.3. The molecule has 0 saturated heterocycles. The molecular formula is C18H18N2O. The molecule has 0 spiro atoms. The molecule has 21 heavy (non-hydrogen) atoms. The van der Waals surface area contributed by atoms with Crippen LogP contribution in [-0.2, 0) is 6.42 Å². The van der Waals surface area contributed by atoms with Crippen molar-refractivity contribution in [3.63, 3.8) is 0 Å². The third-order valence-electron chi connectivity index (χ3n) is 3.44. The molecule has 0 saturated carbocycles. The van der Waals surface area contributed by atoms with E-state index in [-0.39, 0.29) is 0 Å². The minimum atomic E-state index is 0.653. The van der Waals surface area contributed by atoms with Crippen LogP contribution < -0.4 is 10.5 Å². The highest BCUT2D eigenvalue weighted by molar-refractivity contribution is 5.80. The molecule has 2 aromatic carbocycles. The van der Waals surface area contributed by atoms with E-state index >= 15 is 0 Å². The summed E-state index contributed by atoms with van der Waals surface area (Å²) in [6.07, 6.45) is 0.882. The van der Waals surface area contributed by atoms with Crippen molar-refractivity contribution >= 4 is 10.9 Å². The minimum Gasteiger partial charge on any atom is -0.439 e. The Morgan fingerprint density at radius 1 is 1.05 bits per heavy atom. The van der Waals surface area contributed by atoms with Gasteiger partial charge in [-0.15, -0.1) is 0 Å². The monoisotopic (exact) mass is 278 g/mol. The molecule has 0 atom stereocenters. The Morgan fingerprint density at radius 3 is 2.57 bits per heavy atom. The Hall–Kier alpha value is -2.39. The normalized spacial score (nSPS) is 10.8. The number of aromatic nitrogens is 1. The van der Waals surface area contributed by atoms with Crippen molar-refractivity contribution in [1.82, 2.24) is 4.98 Å². The maximum atomic E-state index is 5.91. The van der Waals surface area contributed by atoms with E-state index in [1.165, 1.54) is 5.56 Å². The number of nitrogens with zero attached hydrogens (tertiary/aromatic N) is 1. The van der Waals surface area contributed by atoms with Gasteiger partial charge in [0.15, 0.2) is 0 Å². The Labute approximate surface area is 124 Å². The van der Waals surface area contributed by atoms with E-state index in [1.54, 1.807) is 0 Å². The molecule has 0 aliphatic carbocycles. The number of benzene rings is 2. The second-order valence-electron chi connectivity index (χ2n) is 5.09. The zero-order valence-corrected chi connectivity index (χ0v) is 12.0. The van der Waals surface area contributed by atoms with Gasteiger partial charge in [0.1, 0.15) is 5.75 Å². The van der Waals surface area contributed by atoms with Crippen LogP contribution in [0.2, 0.25) is 0 Å². The summed E-state index contributed by atoms with van der Waals surface area (Å²) >= 11 is 0. The van der Waals surface area contributed by atoms with Crippen LogP contribution in [0.4, 0.5) is 0 Å². The molecule has 0 aliphatic heterocycles. The molecular weight excluding hydrogens is 260 g/mol. The predicted molar refractivity (Wildman–Crippen MR) is 85.8 cm³/mol. The first-order valence-corrected chi connectivity index (χ1v) is 7.09. The van der Waals surface area contributed by atoms with E-state index in [4.69, 9.17) is 10.5 Å². The Bertz CT molecular complexity index is 751. The highest BCUT2D eigenvalue weighted by atomic mass is 16.5. The maximum absolute atomic E-state index is 5.91. The number of nitrogens with two attached hydrogens (primary N) is 1. The fourth-order valence-corrected chi connectivity index (χ4v) is 2.31. The number of hydrogen-bond acceptors (Lipinski definition) is 3. The second-order valence-corrected chi connectivity index (χ2v) is 5.09. The SMILES string of the molecule is Cc1cc2ccccc2nc1Oc1ccc(CCN)cc1. The van der Waals surface area contributed by atoms with Gasteiger partial charge >= 0.3 is 0 Å². The molecule has 0 aliphatic rings. The van der Waals surface area contributed by atoms with Crippen molar-refractivity contribution in [1.29, 1.82) is 0 Å². The molecule has 0 bridgehead atoms. The average Bonchev–Trinajstić information content (AvgIpc) is 2.50. The summed E-state index contributed by atoms with van der Waals surface area (Å²) in [6.45, 7) is 2.67. The molecule has 0 amide bonds. The molecule has 0 radical (unpaired) electrons. The van der Waals surface area contributed by atoms with Gasteiger partial charge in [0.05, 0.1) is 5.52 Å². The number of rotatable bonds is 4. The lowest BCUT2D eigenvalue weighted by Gasteiger charge is -2.09. The lowest BCUT2D eigenvalue weighted by molar-refractivity contribution is 0.461. The van der Waals surface area contributed by atoms with E-state index in [0.29, 0.717) is 12.4 Å². The van der Waals surface area contributed by atoms with Crippen molar-refractivity contribution in [2.45, 2.75) is 13.3 Å². The van der Waals surface area contributed by atoms with E-state index in [1.807, 2.05) is 49.4 Å². The molecule has 2 N–H and O–H groups in total. The Balaban J connectivity index is 1.88. The van der Waals surface area contributed by atoms with Gasteiger partial charge in [-0.05, 0) is 49.7 Å². The highest BCUT2D eigenvalue weighted by Crippen LogP contribution is 2.26. The van der Waals surface area contributed by atoms with Crippen LogP contribution in [0.1, 0.15) is 11.1 Å². The number of pyridine rings is 1. The average molecular weight is 278 g/mol. The quantitative estimate of drug-likeness (QED) is 0.789. The Kier molecular flexibility index (Phi) is 3.84. The smallest absolute Gasteiger partial charge is 0.222 e. The van der Waals surface area contributed by atoms with E-state index in [2.05, 4.69) is 17.1 Å². The summed E-state index contributed by atoms with van der Waals surface area (Å²) in [4.78, 5) is 4.59. The zero-order chi connectivity index (χ0) is 14.7. The molecule has 1 heterocycles. The number of hydrogen-bond donors (Lipinski definition) is 1. The third kappa shape index (κ3) is 3.03. The van der Waals surface area contributed by atoms with Crippen molar-refractivity contribution < 1.29 is 4.74 Å². The third-order valence-corrected chi connectivity index (χ3v) is 3.44. The van der Waals surface area contributed by atoms with Gasteiger partial charge in [-0.2, -0.15) is 0 Å². The van der Waals surface area contributed by atoms with Crippen LogP contribution >= 0.6 is 0 Å². The van der Waals surface area contributed by atoms with E-state index < -0.39 is 0 Å². The van der Waals surface area contributed by atoms with Crippen molar-refractivity contribution in [3.05, 3.63) is 65.7 Å². The second kappa shape index (κ2) is 5.94. The topological polar surface area (TPSA) is 48.1 Å². The molecule has 106 valence electrons. The zero-order valence-electron chi connectivity index (χ0n) is 12.0. The van der Waals surface area contributed by atoms with Gasteiger partial charge in [0.2, 0.25) is 5.88 Å². The van der Waals surface area contributed by atoms with Gasteiger partial charge in [-0.3, -0.25) is 0 Å². The molecule has 0 unspecified atom stereocenters. The molecule has 3 heteroatoms. The van der Waals surface area contributed by atoms with E-state index in [9.17, 15) is 0 Å². The van der Waals surface area contributed by atoms with Crippen LogP contribution in [0.15, 0.2) is 54.6 Å².